The Labute approximate surface area is 88.7 Å². The van der Waals surface area contributed by atoms with Crippen LogP contribution in [0.1, 0.15) is 20.3 Å². The van der Waals surface area contributed by atoms with Crippen molar-refractivity contribution in [2.75, 3.05) is 13.2 Å². The molecule has 2 amide bonds. The van der Waals surface area contributed by atoms with Gasteiger partial charge in [-0.2, -0.15) is 0 Å². The van der Waals surface area contributed by atoms with Crippen LogP contribution in [0.25, 0.3) is 0 Å². The van der Waals surface area contributed by atoms with E-state index in [1.807, 2.05) is 13.8 Å². The Morgan fingerprint density at radius 2 is 2.00 bits per heavy atom. The topological polar surface area (TPSA) is 98.7 Å². The van der Waals surface area contributed by atoms with Crippen molar-refractivity contribution < 1.29 is 19.8 Å². The number of carboxylic acid groups (broad SMARTS) is 1. The Balaban J connectivity index is 3.86. The summed E-state index contributed by atoms with van der Waals surface area (Å²) in [7, 11) is 0. The minimum absolute atomic E-state index is 0.341. The predicted molar refractivity (Wildman–Crippen MR) is 54.5 cm³/mol. The van der Waals surface area contributed by atoms with Crippen LogP contribution in [0.3, 0.4) is 0 Å². The molecule has 4 N–H and O–H groups in total. The lowest BCUT2D eigenvalue weighted by Gasteiger charge is -2.14. The number of aliphatic hydroxyl groups is 1. The van der Waals surface area contributed by atoms with Crippen LogP contribution in [0.5, 0.6) is 0 Å². The van der Waals surface area contributed by atoms with Gasteiger partial charge in [0.2, 0.25) is 0 Å². The molecule has 0 saturated carbocycles. The molecule has 0 aromatic heterocycles. The van der Waals surface area contributed by atoms with E-state index >= 15 is 0 Å². The molecule has 0 rings (SSSR count). The number of aliphatic carboxylic acids is 1. The van der Waals surface area contributed by atoms with Crippen LogP contribution in [0, 0.1) is 5.92 Å². The monoisotopic (exact) mass is 218 g/mol. The summed E-state index contributed by atoms with van der Waals surface area (Å²) in [6.45, 7) is 3.84. The molecule has 1 unspecified atom stereocenters. The molecule has 0 heterocycles. The molecule has 0 fully saturated rings. The number of hydrogen-bond acceptors (Lipinski definition) is 3. The number of hydrogen-bond donors (Lipinski definition) is 4. The van der Waals surface area contributed by atoms with Crippen LogP contribution in [-0.2, 0) is 4.79 Å². The van der Waals surface area contributed by atoms with E-state index in [2.05, 4.69) is 10.6 Å². The lowest BCUT2D eigenvalue weighted by Crippen LogP contribution is -2.48. The number of urea groups is 1. The van der Waals surface area contributed by atoms with Crippen LogP contribution in [0.2, 0.25) is 0 Å². The number of nitrogens with one attached hydrogen (secondary N) is 2. The first kappa shape index (κ1) is 13.7. The highest BCUT2D eigenvalue weighted by atomic mass is 16.4. The third-order valence-corrected chi connectivity index (χ3v) is 2.09. The van der Waals surface area contributed by atoms with Gasteiger partial charge in [0.05, 0.1) is 6.61 Å². The first-order valence-corrected chi connectivity index (χ1v) is 4.89. The largest absolute Gasteiger partial charge is 0.480 e. The molecule has 0 spiro atoms. The van der Waals surface area contributed by atoms with Gasteiger partial charge in [0.25, 0.3) is 0 Å². The van der Waals surface area contributed by atoms with Gasteiger partial charge < -0.3 is 20.8 Å². The zero-order valence-corrected chi connectivity index (χ0v) is 8.99. The molecule has 0 saturated heterocycles. The van der Waals surface area contributed by atoms with Crippen LogP contribution in [0.4, 0.5) is 4.79 Å². The Morgan fingerprint density at radius 1 is 1.40 bits per heavy atom. The molecule has 0 aliphatic carbocycles. The molecule has 15 heavy (non-hydrogen) atoms. The minimum Gasteiger partial charge on any atom is -0.480 e. The maximum atomic E-state index is 11.1. The standard InChI is InChI=1S/C9H18N2O4/c1-3-6(2)4-10-9(15)11-7(5-12)8(13)14/h6-7,12H,3-5H2,1-2H3,(H,13,14)(H2,10,11,15)/t6?,7-/m0/s1. The number of carbonyl (C=O) groups is 2. The third kappa shape index (κ3) is 5.90. The zero-order chi connectivity index (χ0) is 11.8. The lowest BCUT2D eigenvalue weighted by atomic mass is 10.1. The second-order valence-corrected chi connectivity index (χ2v) is 3.44. The SMILES string of the molecule is CCC(C)CNC(=O)N[C@@H](CO)C(=O)O. The van der Waals surface area contributed by atoms with Crippen molar-refractivity contribution in [3.63, 3.8) is 0 Å². The molecule has 0 aromatic carbocycles. The Morgan fingerprint density at radius 3 is 2.40 bits per heavy atom. The summed E-state index contributed by atoms with van der Waals surface area (Å²) in [5.41, 5.74) is 0. The molecule has 88 valence electrons. The van der Waals surface area contributed by atoms with Gasteiger partial charge in [0.1, 0.15) is 0 Å². The Bertz CT molecular complexity index is 220. The van der Waals surface area contributed by atoms with Crippen LogP contribution in [0.15, 0.2) is 0 Å². The van der Waals surface area contributed by atoms with Crippen molar-refractivity contribution >= 4 is 12.0 Å². The quantitative estimate of drug-likeness (QED) is 0.495. The molecular formula is C9H18N2O4. The summed E-state index contributed by atoms with van der Waals surface area (Å²) in [5.74, 6) is -0.913. The van der Waals surface area contributed by atoms with Crippen molar-refractivity contribution in [2.24, 2.45) is 5.92 Å². The number of carboxylic acids is 1. The van der Waals surface area contributed by atoms with Crippen LogP contribution >= 0.6 is 0 Å². The van der Waals surface area contributed by atoms with Crippen molar-refractivity contribution in [3.8, 4) is 0 Å². The normalized spacial score (nSPS) is 14.1. The number of aliphatic hydroxyl groups excluding tert-OH is 1. The summed E-state index contributed by atoms with van der Waals surface area (Å²) >= 11 is 0. The second kappa shape index (κ2) is 7.05. The number of amides is 2. The second-order valence-electron chi connectivity index (χ2n) is 3.44. The average Bonchev–Trinajstić information content (AvgIpc) is 2.21. The van der Waals surface area contributed by atoms with Crippen molar-refractivity contribution in [3.05, 3.63) is 0 Å². The van der Waals surface area contributed by atoms with E-state index in [0.29, 0.717) is 12.5 Å². The number of rotatable bonds is 6. The van der Waals surface area contributed by atoms with Crippen molar-refractivity contribution in [1.29, 1.82) is 0 Å². The van der Waals surface area contributed by atoms with Crippen LogP contribution in [-0.4, -0.2) is 41.4 Å². The maximum Gasteiger partial charge on any atom is 0.328 e. The highest BCUT2D eigenvalue weighted by molar-refractivity contribution is 5.82. The fraction of sp³-hybridized carbons (Fsp3) is 0.778. The fourth-order valence-corrected chi connectivity index (χ4v) is 0.806. The smallest absolute Gasteiger partial charge is 0.328 e. The van der Waals surface area contributed by atoms with E-state index in [1.54, 1.807) is 0 Å². The van der Waals surface area contributed by atoms with Gasteiger partial charge in [-0.05, 0) is 5.92 Å². The third-order valence-electron chi connectivity index (χ3n) is 2.09. The van der Waals surface area contributed by atoms with Gasteiger partial charge in [-0.1, -0.05) is 20.3 Å². The Kier molecular flexibility index (Phi) is 6.44. The molecule has 6 nitrogen and oxygen atoms in total. The molecule has 0 aliphatic heterocycles. The van der Waals surface area contributed by atoms with E-state index in [0.717, 1.165) is 6.42 Å². The maximum absolute atomic E-state index is 11.1. The van der Waals surface area contributed by atoms with Gasteiger partial charge in [-0.25, -0.2) is 9.59 Å². The van der Waals surface area contributed by atoms with Crippen molar-refractivity contribution in [2.45, 2.75) is 26.3 Å². The van der Waals surface area contributed by atoms with E-state index in [-0.39, 0.29) is 0 Å². The highest BCUT2D eigenvalue weighted by Crippen LogP contribution is 1.96. The Hall–Kier alpha value is -1.30. The van der Waals surface area contributed by atoms with Gasteiger partial charge in [-0.3, -0.25) is 0 Å². The fourth-order valence-electron chi connectivity index (χ4n) is 0.806. The summed E-state index contributed by atoms with van der Waals surface area (Å²) in [6, 6.07) is -1.82. The summed E-state index contributed by atoms with van der Waals surface area (Å²) < 4.78 is 0. The van der Waals surface area contributed by atoms with E-state index in [1.165, 1.54) is 0 Å². The van der Waals surface area contributed by atoms with Gasteiger partial charge >= 0.3 is 12.0 Å². The molecule has 0 aromatic rings. The summed E-state index contributed by atoms with van der Waals surface area (Å²) in [6.07, 6.45) is 0.933. The van der Waals surface area contributed by atoms with E-state index in [4.69, 9.17) is 10.2 Å². The molecule has 0 aliphatic rings. The predicted octanol–water partition coefficient (Wildman–Crippen LogP) is -0.223. The van der Waals surface area contributed by atoms with E-state index in [9.17, 15) is 9.59 Å². The minimum atomic E-state index is -1.25. The summed E-state index contributed by atoms with van der Waals surface area (Å²) in [4.78, 5) is 21.6. The van der Waals surface area contributed by atoms with Crippen molar-refractivity contribution in [1.82, 2.24) is 10.6 Å². The number of carbonyl (C=O) groups excluding carboxylic acids is 1. The molecular weight excluding hydrogens is 200 g/mol. The summed E-state index contributed by atoms with van der Waals surface area (Å²) in [5, 5.41) is 21.9. The van der Waals surface area contributed by atoms with Gasteiger partial charge in [-0.15, -0.1) is 0 Å². The first-order valence-electron chi connectivity index (χ1n) is 4.89. The van der Waals surface area contributed by atoms with Gasteiger partial charge in [0.15, 0.2) is 6.04 Å². The highest BCUT2D eigenvalue weighted by Gasteiger charge is 2.18. The molecule has 0 radical (unpaired) electrons. The first-order chi connectivity index (χ1) is 7.01. The average molecular weight is 218 g/mol. The molecule has 0 bridgehead atoms. The molecule has 6 heteroatoms. The lowest BCUT2D eigenvalue weighted by molar-refractivity contribution is -0.140. The van der Waals surface area contributed by atoms with Gasteiger partial charge in [0, 0.05) is 6.54 Å². The molecule has 2 atom stereocenters. The van der Waals surface area contributed by atoms with E-state index < -0.39 is 24.6 Å². The van der Waals surface area contributed by atoms with Crippen LogP contribution < -0.4 is 10.6 Å². The zero-order valence-electron chi connectivity index (χ0n) is 8.99.